The Labute approximate surface area is 216 Å². The summed E-state index contributed by atoms with van der Waals surface area (Å²) in [6, 6.07) is 10.7. The molecule has 1 aliphatic rings. The van der Waals surface area contributed by atoms with Crippen molar-refractivity contribution < 1.29 is 9.47 Å². The van der Waals surface area contributed by atoms with Crippen molar-refractivity contribution >= 4 is 29.9 Å². The van der Waals surface area contributed by atoms with E-state index in [2.05, 4.69) is 63.2 Å². The summed E-state index contributed by atoms with van der Waals surface area (Å²) in [5.41, 5.74) is 1.38. The number of piperidine rings is 1. The Balaban J connectivity index is 0.00000385. The molecule has 0 spiro atoms. The third kappa shape index (κ3) is 9.62. The first kappa shape index (κ1) is 27.6. The Morgan fingerprint density at radius 3 is 2.67 bits per heavy atom. The van der Waals surface area contributed by atoms with E-state index in [4.69, 9.17) is 14.5 Å². The van der Waals surface area contributed by atoms with Gasteiger partial charge in [0.15, 0.2) is 5.96 Å². The highest BCUT2D eigenvalue weighted by atomic mass is 127. The van der Waals surface area contributed by atoms with Crippen LogP contribution in [0.4, 0.5) is 0 Å². The van der Waals surface area contributed by atoms with E-state index in [1.807, 2.05) is 6.20 Å². The molecule has 0 atom stereocenters. The molecule has 33 heavy (non-hydrogen) atoms. The topological polar surface area (TPSA) is 63.9 Å². The molecule has 1 aromatic heterocycles. The minimum Gasteiger partial charge on any atom is -0.385 e. The molecule has 1 aliphatic heterocycles. The van der Waals surface area contributed by atoms with Crippen LogP contribution in [0.25, 0.3) is 0 Å². The molecule has 184 valence electrons. The smallest absolute Gasteiger partial charge is 0.194 e. The summed E-state index contributed by atoms with van der Waals surface area (Å²) in [4.78, 5) is 11.8. The van der Waals surface area contributed by atoms with E-state index in [9.17, 15) is 0 Å². The van der Waals surface area contributed by atoms with E-state index < -0.39 is 0 Å². The number of methoxy groups -OCH3 is 1. The molecule has 1 N–H and O–H groups in total. The first-order valence-electron chi connectivity index (χ1n) is 12.0. The van der Waals surface area contributed by atoms with Crippen molar-refractivity contribution in [3.8, 4) is 0 Å². The maximum absolute atomic E-state index is 6.00. The number of nitrogens with zero attached hydrogens (tertiary/aromatic N) is 4. The van der Waals surface area contributed by atoms with Gasteiger partial charge in [-0.1, -0.05) is 30.3 Å². The molecule has 1 aromatic carbocycles. The van der Waals surface area contributed by atoms with Gasteiger partial charge in [-0.15, -0.1) is 24.0 Å². The van der Waals surface area contributed by atoms with E-state index in [-0.39, 0.29) is 24.0 Å². The Morgan fingerprint density at radius 1 is 1.15 bits per heavy atom. The fraction of sp³-hybridized carbons (Fsp3) is 0.600. The van der Waals surface area contributed by atoms with E-state index in [0.29, 0.717) is 12.6 Å². The second kappa shape index (κ2) is 16.1. The number of rotatable bonds is 12. The number of aryl methyl sites for hydroxylation is 2. The third-order valence-electron chi connectivity index (χ3n) is 5.80. The number of imidazole rings is 1. The van der Waals surface area contributed by atoms with E-state index in [1.54, 1.807) is 7.11 Å². The number of hydrogen-bond donors (Lipinski definition) is 1. The summed E-state index contributed by atoms with van der Waals surface area (Å²) < 4.78 is 13.3. The number of aromatic nitrogens is 2. The number of halogens is 1. The van der Waals surface area contributed by atoms with Gasteiger partial charge in [0.2, 0.25) is 0 Å². The van der Waals surface area contributed by atoms with Crippen molar-refractivity contribution in [2.75, 3.05) is 40.0 Å². The van der Waals surface area contributed by atoms with Gasteiger partial charge in [0.25, 0.3) is 0 Å². The fourth-order valence-corrected chi connectivity index (χ4v) is 4.05. The number of likely N-dealkylation sites (tertiary alicyclic amines) is 1. The highest BCUT2D eigenvalue weighted by Gasteiger charge is 2.22. The van der Waals surface area contributed by atoms with Crippen LogP contribution < -0.4 is 5.32 Å². The summed E-state index contributed by atoms with van der Waals surface area (Å²) in [5.74, 6) is 1.99. The molecule has 0 saturated carbocycles. The number of guanidine groups is 1. The molecule has 0 aliphatic carbocycles. The van der Waals surface area contributed by atoms with Gasteiger partial charge >= 0.3 is 0 Å². The highest BCUT2D eigenvalue weighted by Crippen LogP contribution is 2.15. The SMILES string of the molecule is CCNC(=NCc1nccn1CCCc1ccccc1)N1CCC(OCCCOC)CC1.I. The lowest BCUT2D eigenvalue weighted by molar-refractivity contribution is 0.00990. The maximum atomic E-state index is 6.00. The Kier molecular flexibility index (Phi) is 13.4. The lowest BCUT2D eigenvalue weighted by Crippen LogP contribution is -2.47. The average Bonchev–Trinajstić information content (AvgIpc) is 3.28. The molecule has 1 saturated heterocycles. The first-order chi connectivity index (χ1) is 15.8. The van der Waals surface area contributed by atoms with Crippen LogP contribution in [0, 0.1) is 0 Å². The van der Waals surface area contributed by atoms with E-state index in [0.717, 1.165) is 83.3 Å². The first-order valence-corrected chi connectivity index (χ1v) is 12.0. The van der Waals surface area contributed by atoms with Crippen LogP contribution in [0.1, 0.15) is 44.0 Å². The van der Waals surface area contributed by atoms with Crippen LogP contribution in [-0.2, 0) is 29.0 Å². The maximum Gasteiger partial charge on any atom is 0.194 e. The molecule has 0 unspecified atom stereocenters. The molecular formula is C25H40IN5O2. The van der Waals surface area contributed by atoms with Gasteiger partial charge in [0, 0.05) is 58.9 Å². The van der Waals surface area contributed by atoms with Crippen LogP contribution in [-0.4, -0.2) is 66.5 Å². The van der Waals surface area contributed by atoms with Gasteiger partial charge in [-0.3, -0.25) is 0 Å². The summed E-state index contributed by atoms with van der Waals surface area (Å²) in [6.45, 7) is 8.00. The van der Waals surface area contributed by atoms with Gasteiger partial charge in [-0.2, -0.15) is 0 Å². The predicted octanol–water partition coefficient (Wildman–Crippen LogP) is 4.12. The molecular weight excluding hydrogens is 529 g/mol. The quantitative estimate of drug-likeness (QED) is 0.181. The minimum atomic E-state index is 0. The zero-order chi connectivity index (χ0) is 22.4. The van der Waals surface area contributed by atoms with Crippen LogP contribution in [0.2, 0.25) is 0 Å². The zero-order valence-electron chi connectivity index (χ0n) is 20.1. The molecule has 1 fully saturated rings. The third-order valence-corrected chi connectivity index (χ3v) is 5.80. The molecule has 2 heterocycles. The molecule has 0 amide bonds. The number of ether oxygens (including phenoxy) is 2. The van der Waals surface area contributed by atoms with Gasteiger partial charge in [0.05, 0.1) is 6.10 Å². The van der Waals surface area contributed by atoms with Crippen LogP contribution in [0.3, 0.4) is 0 Å². The lowest BCUT2D eigenvalue weighted by Gasteiger charge is -2.34. The van der Waals surface area contributed by atoms with Crippen LogP contribution in [0.15, 0.2) is 47.7 Å². The fourth-order valence-electron chi connectivity index (χ4n) is 4.05. The summed E-state index contributed by atoms with van der Waals surface area (Å²) >= 11 is 0. The molecule has 0 bridgehead atoms. The van der Waals surface area contributed by atoms with Crippen molar-refractivity contribution in [3.63, 3.8) is 0 Å². The summed E-state index contributed by atoms with van der Waals surface area (Å²) in [5, 5.41) is 3.46. The van der Waals surface area contributed by atoms with E-state index >= 15 is 0 Å². The second-order valence-corrected chi connectivity index (χ2v) is 8.20. The Morgan fingerprint density at radius 2 is 1.94 bits per heavy atom. The lowest BCUT2D eigenvalue weighted by atomic mass is 10.1. The molecule has 0 radical (unpaired) electrons. The highest BCUT2D eigenvalue weighted by molar-refractivity contribution is 14.0. The number of benzene rings is 1. The Hall–Kier alpha value is -1.65. The van der Waals surface area contributed by atoms with Crippen LogP contribution in [0.5, 0.6) is 0 Å². The van der Waals surface area contributed by atoms with Gasteiger partial charge in [-0.25, -0.2) is 9.98 Å². The number of nitrogens with one attached hydrogen (secondary N) is 1. The number of hydrogen-bond acceptors (Lipinski definition) is 4. The molecule has 3 rings (SSSR count). The van der Waals surface area contributed by atoms with Gasteiger partial charge in [-0.05, 0) is 44.6 Å². The van der Waals surface area contributed by atoms with Crippen molar-refractivity contribution in [1.82, 2.24) is 19.8 Å². The van der Waals surface area contributed by atoms with Gasteiger partial charge in [0.1, 0.15) is 12.4 Å². The zero-order valence-corrected chi connectivity index (χ0v) is 22.4. The summed E-state index contributed by atoms with van der Waals surface area (Å²) in [7, 11) is 1.73. The molecule has 2 aromatic rings. The minimum absolute atomic E-state index is 0. The average molecular weight is 570 g/mol. The van der Waals surface area contributed by atoms with Crippen LogP contribution >= 0.6 is 24.0 Å². The standard InChI is InChI=1S/C25H39N5O2.HI/c1-3-26-25(30-16-12-23(13-17-30)32-20-8-19-31-2)28-21-24-27-14-18-29(24)15-7-11-22-9-5-4-6-10-22;/h4-6,9-10,14,18,23H,3,7-8,11-13,15-17,19-21H2,1-2H3,(H,26,28);1H. The van der Waals surface area contributed by atoms with Crippen molar-refractivity contribution in [2.45, 2.75) is 58.2 Å². The number of aliphatic imine (C=N–C) groups is 1. The van der Waals surface area contributed by atoms with E-state index in [1.165, 1.54) is 5.56 Å². The van der Waals surface area contributed by atoms with Crippen molar-refractivity contribution in [2.24, 2.45) is 4.99 Å². The monoisotopic (exact) mass is 569 g/mol. The largest absolute Gasteiger partial charge is 0.385 e. The van der Waals surface area contributed by atoms with Crippen molar-refractivity contribution in [1.29, 1.82) is 0 Å². The normalized spacial score (nSPS) is 14.8. The van der Waals surface area contributed by atoms with Gasteiger partial charge < -0.3 is 24.3 Å². The summed E-state index contributed by atoms with van der Waals surface area (Å²) in [6.07, 6.45) is 9.48. The van der Waals surface area contributed by atoms with Crippen molar-refractivity contribution in [3.05, 3.63) is 54.1 Å². The molecule has 8 heteroatoms. The molecule has 7 nitrogen and oxygen atoms in total. The predicted molar refractivity (Wildman–Crippen MR) is 144 cm³/mol. The second-order valence-electron chi connectivity index (χ2n) is 8.20. The Bertz CT molecular complexity index is 791.